The number of rotatable bonds is 0. The molecule has 0 bridgehead atoms. The van der Waals surface area contributed by atoms with Gasteiger partial charge in [-0.1, -0.05) is 0 Å². The number of nitrogens with zero attached hydrogens (tertiary/aromatic N) is 3. The fourth-order valence-corrected chi connectivity index (χ4v) is 0. The zero-order valence-electron chi connectivity index (χ0n) is 2.34. The normalized spacial score (nSPS) is 3.20. The molecule has 0 spiro atoms. The van der Waals surface area contributed by atoms with E-state index in [0.29, 0.717) is 0 Å². The van der Waals surface area contributed by atoms with Crippen molar-refractivity contribution in [3.8, 4) is 0 Å². The summed E-state index contributed by atoms with van der Waals surface area (Å²) in [6.07, 6.45) is 0. The van der Waals surface area contributed by atoms with Crippen LogP contribution in [-0.2, 0) is 0 Å². The summed E-state index contributed by atoms with van der Waals surface area (Å²) < 4.78 is 3.13. The third-order valence-electron chi connectivity index (χ3n) is 0.0894. The van der Waals surface area contributed by atoms with Crippen LogP contribution in [0.25, 0.3) is 10.4 Å². The first kappa shape index (κ1) is 9.20. The second kappa shape index (κ2) is 8.83. The molecule has 0 aliphatic rings. The first-order valence-electron chi connectivity index (χ1n) is 0.847. The molecule has 0 heterocycles. The molecule has 0 aliphatic carbocycles. The molecule has 0 aromatic rings. The fraction of sp³-hybridized carbons (Fsp3) is 0. The first-order valence-corrected chi connectivity index (χ1v) is 3.40. The predicted octanol–water partition coefficient (Wildman–Crippen LogP) is -1.34. The Kier molecular flexibility index (Phi) is 16.3. The van der Waals surface area contributed by atoms with Gasteiger partial charge in [0.05, 0.1) is 0 Å². The van der Waals surface area contributed by atoms with Gasteiger partial charge in [-0.3, -0.25) is 0 Å². The topological polar surface area (TPSA) is 48.8 Å². The summed E-state index contributed by atoms with van der Waals surface area (Å²) in [4.78, 5) is 2.45. The molecule has 0 rings (SSSR count). The summed E-state index contributed by atoms with van der Waals surface area (Å²) in [6, 6.07) is 0. The molecule has 0 N–H and O–H groups in total. The van der Waals surface area contributed by atoms with Gasteiger partial charge < -0.3 is 0 Å². The van der Waals surface area contributed by atoms with Crippen molar-refractivity contribution in [1.29, 1.82) is 0 Å². The standard InChI is InChI=1S/Al.In.N3.5H/c;;1-3-2;;;;;/q;+1;-1;;;;;. The minimum absolute atomic E-state index is 0. The van der Waals surface area contributed by atoms with Crippen molar-refractivity contribution in [2.45, 2.75) is 0 Å². The Morgan fingerprint density at radius 3 is 2.00 bits per heavy atom. The van der Waals surface area contributed by atoms with Gasteiger partial charge in [-0.2, -0.15) is 0 Å². The molecule has 0 aromatic heterocycles. The summed E-state index contributed by atoms with van der Waals surface area (Å²) >= 11 is 0.193. The van der Waals surface area contributed by atoms with Gasteiger partial charge in [0, 0.05) is 0 Å². The van der Waals surface area contributed by atoms with E-state index in [2.05, 4.69) is 8.01 Å². The number of hydrogen-bond donors (Lipinski definition) is 0. The van der Waals surface area contributed by atoms with Crippen LogP contribution in [0, 0.1) is 0 Å². The molecule has 0 aromatic carbocycles. The Hall–Kier alpha value is 0.713. The molecule has 5 heteroatoms. The van der Waals surface area contributed by atoms with Crippen LogP contribution in [-0.4, -0.2) is 42.0 Å². The molecule has 0 amide bonds. The summed E-state index contributed by atoms with van der Waals surface area (Å²) in [6.45, 7) is 0. The monoisotopic (exact) mass is 189 g/mol. The molecular weight excluding hydrogens is 184 g/mol. The molecule has 26 valence electrons. The Bertz CT molecular complexity index is 44.9. The van der Waals surface area contributed by atoms with Crippen molar-refractivity contribution in [3.63, 3.8) is 0 Å². The van der Waals surface area contributed by atoms with E-state index in [-0.39, 0.29) is 42.0 Å². The second-order valence-corrected chi connectivity index (χ2v) is 1.43. The van der Waals surface area contributed by atoms with Gasteiger partial charge in [-0.05, 0) is 0 Å². The third-order valence-corrected chi connectivity index (χ3v) is 0.600. The van der Waals surface area contributed by atoms with Gasteiger partial charge in [0.2, 0.25) is 0 Å². The Labute approximate surface area is 55.5 Å². The third kappa shape index (κ3) is 11.8. The quantitative estimate of drug-likeness (QED) is 0.196. The minimum atomic E-state index is 0. The van der Waals surface area contributed by atoms with Crippen LogP contribution in [0.15, 0.2) is 3.10 Å². The van der Waals surface area contributed by atoms with Crippen LogP contribution in [0.5, 0.6) is 0 Å². The molecule has 0 aliphatic heterocycles. The Balaban J connectivity index is 0. The average Bonchev–Trinajstić information content (AvgIpc) is 1.37. The van der Waals surface area contributed by atoms with Crippen molar-refractivity contribution in [2.24, 2.45) is 3.10 Å². The fourth-order valence-electron chi connectivity index (χ4n) is 0. The molecule has 0 atom stereocenters. The van der Waals surface area contributed by atoms with Crippen molar-refractivity contribution >= 4 is 42.0 Å². The average molecular weight is 189 g/mol. The van der Waals surface area contributed by atoms with Crippen LogP contribution in [0.1, 0.15) is 0 Å². The van der Waals surface area contributed by atoms with E-state index in [0.717, 1.165) is 0 Å². The molecule has 5 heavy (non-hydrogen) atoms. The van der Waals surface area contributed by atoms with E-state index in [1.807, 2.05) is 0 Å². The molecular formula is H5AlInN3. The van der Waals surface area contributed by atoms with E-state index in [1.165, 1.54) is 0 Å². The van der Waals surface area contributed by atoms with Crippen LogP contribution >= 0.6 is 0 Å². The van der Waals surface area contributed by atoms with Crippen LogP contribution < -0.4 is 0 Å². The van der Waals surface area contributed by atoms with Crippen molar-refractivity contribution in [2.75, 3.05) is 0 Å². The molecule has 0 saturated carbocycles. The zero-order valence-corrected chi connectivity index (χ0v) is 8.05. The molecule has 0 saturated heterocycles. The summed E-state index contributed by atoms with van der Waals surface area (Å²) in [5.74, 6) is 0. The second-order valence-electron chi connectivity index (χ2n) is 0.289. The predicted molar refractivity (Wildman–Crippen MR) is 27.6 cm³/mol. The van der Waals surface area contributed by atoms with E-state index in [1.54, 1.807) is 0 Å². The SMILES string of the molecule is [AlH3].[N-]=[N+]=[N][InH2]. The van der Waals surface area contributed by atoms with Crippen molar-refractivity contribution < 1.29 is 0 Å². The van der Waals surface area contributed by atoms with Gasteiger partial charge in [0.1, 0.15) is 0 Å². The van der Waals surface area contributed by atoms with Crippen LogP contribution in [0.3, 0.4) is 0 Å². The van der Waals surface area contributed by atoms with Crippen LogP contribution in [0.2, 0.25) is 0 Å². The molecule has 0 fully saturated rings. The van der Waals surface area contributed by atoms with Gasteiger partial charge in [-0.25, -0.2) is 0 Å². The van der Waals surface area contributed by atoms with Crippen molar-refractivity contribution in [1.82, 2.24) is 0 Å². The van der Waals surface area contributed by atoms with E-state index >= 15 is 0 Å². The summed E-state index contributed by atoms with van der Waals surface area (Å²) in [5, 5.41) is 0. The van der Waals surface area contributed by atoms with Gasteiger partial charge >= 0.3 is 38.2 Å². The van der Waals surface area contributed by atoms with E-state index < -0.39 is 0 Å². The van der Waals surface area contributed by atoms with E-state index in [4.69, 9.17) is 5.53 Å². The zero-order chi connectivity index (χ0) is 3.41. The molecule has 0 unspecified atom stereocenters. The number of hydrogen-bond acceptors (Lipinski definition) is 1. The van der Waals surface area contributed by atoms with Gasteiger partial charge in [-0.15, -0.1) is 0 Å². The maximum atomic E-state index is 7.39. The van der Waals surface area contributed by atoms with Gasteiger partial charge in [0.15, 0.2) is 17.4 Å². The van der Waals surface area contributed by atoms with Crippen molar-refractivity contribution in [3.05, 3.63) is 10.4 Å². The molecule has 0 radical (unpaired) electrons. The van der Waals surface area contributed by atoms with E-state index in [9.17, 15) is 0 Å². The van der Waals surface area contributed by atoms with Gasteiger partial charge in [0.25, 0.3) is 0 Å². The Morgan fingerprint density at radius 2 is 2.00 bits per heavy atom. The number of azide groups is 1. The maximum absolute atomic E-state index is 7.39. The summed E-state index contributed by atoms with van der Waals surface area (Å²) in [7, 11) is 0. The van der Waals surface area contributed by atoms with Crippen LogP contribution in [0.4, 0.5) is 0 Å². The molecule has 3 nitrogen and oxygen atoms in total. The Morgan fingerprint density at radius 1 is 1.80 bits per heavy atom. The first-order chi connectivity index (χ1) is 1.91. The summed E-state index contributed by atoms with van der Waals surface area (Å²) in [5.41, 5.74) is 7.39.